The second kappa shape index (κ2) is 2.93. The molecule has 0 radical (unpaired) electrons. The predicted octanol–water partition coefficient (Wildman–Crippen LogP) is 1.33. The van der Waals surface area contributed by atoms with E-state index in [1.807, 2.05) is 0 Å². The molecule has 0 aromatic carbocycles. The number of allylic oxidation sites excluding steroid dienone is 2. The Morgan fingerprint density at radius 2 is 2.57 bits per heavy atom. The van der Waals surface area contributed by atoms with Gasteiger partial charge in [0.2, 0.25) is 0 Å². The lowest BCUT2D eigenvalue weighted by atomic mass is 10.5. The molecule has 0 spiro atoms. The minimum atomic E-state index is 0.433. The minimum absolute atomic E-state index is 0.433. The summed E-state index contributed by atoms with van der Waals surface area (Å²) in [6.07, 6.45) is 1.22. The number of hydrogen-bond acceptors (Lipinski definition) is 1. The van der Waals surface area contributed by atoms with Gasteiger partial charge >= 0.3 is 0 Å². The van der Waals surface area contributed by atoms with Gasteiger partial charge in [0.05, 0.1) is 12.6 Å². The summed E-state index contributed by atoms with van der Waals surface area (Å²) in [4.78, 5) is 2.97. The van der Waals surface area contributed by atoms with Gasteiger partial charge in [0.1, 0.15) is 0 Å². The first-order chi connectivity index (χ1) is 3.31. The highest BCUT2D eigenvalue weighted by Crippen LogP contribution is 1.88. The fourth-order valence-electron chi connectivity index (χ4n) is 0.126. The second-order valence-corrected chi connectivity index (χ2v) is 1.03. The van der Waals surface area contributed by atoms with E-state index in [4.69, 9.17) is 11.8 Å². The van der Waals surface area contributed by atoms with Gasteiger partial charge in [0.25, 0.3) is 0 Å². The van der Waals surface area contributed by atoms with E-state index in [9.17, 15) is 0 Å². The lowest BCUT2D eigenvalue weighted by molar-refractivity contribution is 1.48. The highest BCUT2D eigenvalue weighted by atomic mass is 14.6. The Morgan fingerprint density at radius 3 is 2.71 bits per heavy atom. The quantitative estimate of drug-likeness (QED) is 0.327. The largest absolute Gasteiger partial charge is 0.242 e. The molecule has 0 amide bonds. The van der Waals surface area contributed by atoms with Gasteiger partial charge in [0, 0.05) is 6.08 Å². The summed E-state index contributed by atoms with van der Waals surface area (Å²) in [7, 11) is 0. The summed E-state index contributed by atoms with van der Waals surface area (Å²) >= 11 is 0. The first-order valence-corrected chi connectivity index (χ1v) is 1.75. The van der Waals surface area contributed by atoms with Crippen molar-refractivity contribution in [3.05, 3.63) is 23.2 Å². The van der Waals surface area contributed by atoms with E-state index in [1.165, 1.54) is 6.08 Å². The molecule has 7 heavy (non-hydrogen) atoms. The van der Waals surface area contributed by atoms with Crippen molar-refractivity contribution in [2.75, 3.05) is 0 Å². The van der Waals surface area contributed by atoms with Gasteiger partial charge in [-0.25, -0.2) is 4.85 Å². The Balaban J connectivity index is 3.89. The Bertz CT molecular complexity index is 154. The Hall–Kier alpha value is -1.28. The molecule has 0 aliphatic heterocycles. The van der Waals surface area contributed by atoms with Gasteiger partial charge in [-0.05, 0) is 6.92 Å². The minimum Gasteiger partial charge on any atom is -0.242 e. The molecule has 0 aromatic heterocycles. The van der Waals surface area contributed by atoms with Crippen LogP contribution < -0.4 is 0 Å². The normalized spacial score (nSPS) is 9.29. The third-order valence-corrected chi connectivity index (χ3v) is 0.450. The van der Waals surface area contributed by atoms with E-state index < -0.39 is 0 Å². The van der Waals surface area contributed by atoms with Crippen LogP contribution in [0.4, 0.5) is 0 Å². The third-order valence-electron chi connectivity index (χ3n) is 0.450. The molecule has 0 saturated carbocycles. The molecule has 0 bridgehead atoms. The van der Waals surface area contributed by atoms with Gasteiger partial charge < -0.3 is 0 Å². The van der Waals surface area contributed by atoms with Crippen molar-refractivity contribution < 1.29 is 0 Å². The molecule has 0 unspecified atom stereocenters. The highest BCUT2D eigenvalue weighted by Gasteiger charge is 1.76. The lowest BCUT2D eigenvalue weighted by Crippen LogP contribution is -1.56. The van der Waals surface area contributed by atoms with Crippen LogP contribution in [0.2, 0.25) is 0 Å². The van der Waals surface area contributed by atoms with E-state index in [2.05, 4.69) is 4.85 Å². The molecular weight excluding hydrogens is 88.1 g/mol. The molecule has 0 aromatic rings. The number of nitriles is 1. The smallest absolute Gasteiger partial charge is 0.172 e. The van der Waals surface area contributed by atoms with E-state index >= 15 is 0 Å². The molecule has 0 saturated heterocycles. The van der Waals surface area contributed by atoms with Crippen molar-refractivity contribution in [1.82, 2.24) is 0 Å². The lowest BCUT2D eigenvalue weighted by Gasteiger charge is -1.69. The van der Waals surface area contributed by atoms with Crippen molar-refractivity contribution >= 4 is 0 Å². The first-order valence-electron chi connectivity index (χ1n) is 1.75. The van der Waals surface area contributed by atoms with Crippen LogP contribution in [0.15, 0.2) is 11.8 Å². The summed E-state index contributed by atoms with van der Waals surface area (Å²) in [5, 5.41) is 7.90. The maximum absolute atomic E-state index is 7.90. The van der Waals surface area contributed by atoms with Crippen LogP contribution in [0.1, 0.15) is 6.92 Å². The van der Waals surface area contributed by atoms with Gasteiger partial charge in [-0.15, -0.1) is 0 Å². The maximum Gasteiger partial charge on any atom is 0.172 e. The van der Waals surface area contributed by atoms with Crippen molar-refractivity contribution in [2.45, 2.75) is 6.92 Å². The molecule has 2 nitrogen and oxygen atoms in total. The Labute approximate surface area is 42.5 Å². The van der Waals surface area contributed by atoms with Crippen LogP contribution in [0.5, 0.6) is 0 Å². The molecule has 0 aliphatic carbocycles. The molecule has 0 heterocycles. The third kappa shape index (κ3) is 2.52. The summed E-state index contributed by atoms with van der Waals surface area (Å²) in [5.74, 6) is 0. The molecule has 0 aliphatic rings. The molecule has 2 heteroatoms. The summed E-state index contributed by atoms with van der Waals surface area (Å²) in [5.41, 5.74) is 0.433. The Morgan fingerprint density at radius 1 is 2.00 bits per heavy atom. The van der Waals surface area contributed by atoms with Crippen LogP contribution in [0.25, 0.3) is 4.85 Å². The number of hydrogen-bond donors (Lipinski definition) is 0. The number of rotatable bonds is 0. The summed E-state index contributed by atoms with van der Waals surface area (Å²) < 4.78 is 0. The molecule has 0 N–H and O–H groups in total. The zero-order valence-corrected chi connectivity index (χ0v) is 3.97. The van der Waals surface area contributed by atoms with Crippen LogP contribution in [-0.4, -0.2) is 0 Å². The topological polar surface area (TPSA) is 28.1 Å². The first kappa shape index (κ1) is 5.72. The van der Waals surface area contributed by atoms with Crippen molar-refractivity contribution in [1.29, 1.82) is 5.26 Å². The molecule has 0 atom stereocenters. The van der Waals surface area contributed by atoms with Crippen LogP contribution in [-0.2, 0) is 0 Å². The average molecular weight is 92.1 g/mol. The van der Waals surface area contributed by atoms with E-state index in [0.717, 1.165) is 0 Å². The van der Waals surface area contributed by atoms with E-state index in [-0.39, 0.29) is 0 Å². The van der Waals surface area contributed by atoms with Gasteiger partial charge in [-0.1, -0.05) is 0 Å². The fourth-order valence-corrected chi connectivity index (χ4v) is 0.126. The zero-order valence-electron chi connectivity index (χ0n) is 3.97. The second-order valence-electron chi connectivity index (χ2n) is 1.03. The van der Waals surface area contributed by atoms with E-state index in [1.54, 1.807) is 13.0 Å². The average Bonchev–Trinajstić information content (AvgIpc) is 1.68. The zero-order chi connectivity index (χ0) is 5.70. The summed E-state index contributed by atoms with van der Waals surface area (Å²) in [6, 6.07) is 1.74. The van der Waals surface area contributed by atoms with Crippen LogP contribution >= 0.6 is 0 Å². The predicted molar refractivity (Wildman–Crippen MR) is 26.0 cm³/mol. The SMILES string of the molecule is [C-]#[N+]C(C)=CC#N. The molecule has 0 fully saturated rings. The van der Waals surface area contributed by atoms with Crippen LogP contribution in [0.3, 0.4) is 0 Å². The van der Waals surface area contributed by atoms with E-state index in [0.29, 0.717) is 5.70 Å². The van der Waals surface area contributed by atoms with Crippen molar-refractivity contribution in [3.63, 3.8) is 0 Å². The van der Waals surface area contributed by atoms with Crippen LogP contribution in [0, 0.1) is 17.9 Å². The summed E-state index contributed by atoms with van der Waals surface area (Å²) in [6.45, 7) is 7.91. The van der Waals surface area contributed by atoms with Crippen molar-refractivity contribution in [3.8, 4) is 6.07 Å². The molecular formula is C5H4N2. The van der Waals surface area contributed by atoms with Gasteiger partial charge in [0.15, 0.2) is 5.70 Å². The van der Waals surface area contributed by atoms with Gasteiger partial charge in [-0.3, -0.25) is 0 Å². The molecule has 0 rings (SSSR count). The fraction of sp³-hybridized carbons (Fsp3) is 0.200. The highest BCUT2D eigenvalue weighted by molar-refractivity contribution is 5.15. The van der Waals surface area contributed by atoms with Crippen molar-refractivity contribution in [2.24, 2.45) is 0 Å². The van der Waals surface area contributed by atoms with Gasteiger partial charge in [-0.2, -0.15) is 5.26 Å². The monoisotopic (exact) mass is 92.0 g/mol. The standard InChI is InChI=1S/C5H4N2/c1-5(7-2)3-4-6/h3H,1H3. The Kier molecular flexibility index (Phi) is 2.40. The molecule has 34 valence electrons. The maximum atomic E-state index is 7.90. The number of nitrogens with zero attached hydrogens (tertiary/aromatic N) is 2.